The van der Waals surface area contributed by atoms with E-state index in [-0.39, 0.29) is 36.3 Å². The van der Waals surface area contributed by atoms with Crippen molar-refractivity contribution < 1.29 is 24.2 Å². The van der Waals surface area contributed by atoms with E-state index in [1.807, 2.05) is 39.8 Å². The number of hydrogen-bond acceptors (Lipinski definition) is 6. The van der Waals surface area contributed by atoms with Crippen LogP contribution in [-0.4, -0.2) is 60.1 Å². The fourth-order valence-corrected chi connectivity index (χ4v) is 5.12. The summed E-state index contributed by atoms with van der Waals surface area (Å²) in [6.07, 6.45) is 6.81. The molecule has 2 amide bonds. The average molecular weight is 654 g/mol. The van der Waals surface area contributed by atoms with Crippen molar-refractivity contribution in [1.82, 2.24) is 16.0 Å². The van der Waals surface area contributed by atoms with Crippen molar-refractivity contribution in [2.24, 2.45) is 11.8 Å². The van der Waals surface area contributed by atoms with Crippen LogP contribution in [0.25, 0.3) is 0 Å². The van der Waals surface area contributed by atoms with Crippen molar-refractivity contribution in [3.63, 3.8) is 0 Å². The maximum atomic E-state index is 12.1. The molecule has 4 N–H and O–H groups in total. The summed E-state index contributed by atoms with van der Waals surface area (Å²) >= 11 is 0. The zero-order valence-electron chi connectivity index (χ0n) is 30.6. The molecule has 47 heavy (non-hydrogen) atoms. The molecular weight excluding hydrogens is 590 g/mol. The number of fused-ring (bicyclic) bond motifs is 1. The smallest absolute Gasteiger partial charge is 0.239 e. The maximum absolute atomic E-state index is 12.1. The van der Waals surface area contributed by atoms with Crippen LogP contribution in [0.15, 0.2) is 48.5 Å². The van der Waals surface area contributed by atoms with E-state index >= 15 is 0 Å². The molecule has 8 nitrogen and oxygen atoms in total. The quantitative estimate of drug-likeness (QED) is 0.180. The number of rotatable bonds is 14. The lowest BCUT2D eigenvalue weighted by Gasteiger charge is -2.29. The van der Waals surface area contributed by atoms with Gasteiger partial charge in [-0.25, -0.2) is 0 Å². The lowest BCUT2D eigenvalue weighted by molar-refractivity contribution is -0.133. The van der Waals surface area contributed by atoms with Crippen molar-refractivity contribution in [2.45, 2.75) is 125 Å². The van der Waals surface area contributed by atoms with E-state index in [1.54, 1.807) is 27.7 Å². The van der Waals surface area contributed by atoms with Crippen LogP contribution in [0.3, 0.4) is 0 Å². The molecular formula is C39H63N3O5. The highest BCUT2D eigenvalue weighted by Crippen LogP contribution is 2.34. The van der Waals surface area contributed by atoms with Gasteiger partial charge in [0, 0.05) is 13.1 Å². The molecule has 1 fully saturated rings. The molecule has 0 aromatic heterocycles. The molecule has 1 heterocycles. The molecule has 0 saturated heterocycles. The highest BCUT2D eigenvalue weighted by atomic mass is 16.5. The van der Waals surface area contributed by atoms with Crippen LogP contribution in [0.4, 0.5) is 0 Å². The zero-order chi connectivity index (χ0) is 35.4. The van der Waals surface area contributed by atoms with Gasteiger partial charge >= 0.3 is 0 Å². The molecule has 1 saturated carbocycles. The summed E-state index contributed by atoms with van der Waals surface area (Å²) in [5.41, 5.74) is 2.60. The Labute approximate surface area is 284 Å². The van der Waals surface area contributed by atoms with Crippen molar-refractivity contribution >= 4 is 17.6 Å². The molecule has 1 aliphatic carbocycles. The average Bonchev–Trinajstić information content (AvgIpc) is 3.92. The molecule has 0 radical (unpaired) electrons. The lowest BCUT2D eigenvalue weighted by atomic mass is 9.92. The number of benzene rings is 2. The van der Waals surface area contributed by atoms with E-state index < -0.39 is 11.5 Å². The van der Waals surface area contributed by atoms with Crippen molar-refractivity contribution in [3.8, 4) is 5.75 Å². The molecule has 4 rings (SSSR count). The SMILES string of the molecule is CC.CC.CC(=O)C(NCC1CCc2cccc(CCCNC(=O)CNC(=O)C(C)C(C)(C)O)c2O1)C1CC1.CCc1ccccc1. The molecule has 264 valence electrons. The fourth-order valence-electron chi connectivity index (χ4n) is 5.12. The van der Waals surface area contributed by atoms with Crippen molar-refractivity contribution in [1.29, 1.82) is 0 Å². The zero-order valence-corrected chi connectivity index (χ0v) is 30.6. The highest BCUT2D eigenvalue weighted by Gasteiger charge is 2.35. The van der Waals surface area contributed by atoms with Crippen LogP contribution >= 0.6 is 0 Å². The Hall–Kier alpha value is -3.23. The monoisotopic (exact) mass is 653 g/mol. The molecule has 2 aromatic carbocycles. The summed E-state index contributed by atoms with van der Waals surface area (Å²) in [7, 11) is 0. The summed E-state index contributed by atoms with van der Waals surface area (Å²) < 4.78 is 6.36. The largest absolute Gasteiger partial charge is 0.489 e. The Bertz CT molecular complexity index is 1190. The molecule has 3 atom stereocenters. The van der Waals surface area contributed by atoms with Gasteiger partial charge in [0.25, 0.3) is 0 Å². The third kappa shape index (κ3) is 15.5. The van der Waals surface area contributed by atoms with Crippen molar-refractivity contribution in [3.05, 3.63) is 65.2 Å². The number of amides is 2. The molecule has 8 heteroatoms. The fraction of sp³-hybridized carbons (Fsp3) is 0.615. The van der Waals surface area contributed by atoms with Gasteiger partial charge in [-0.05, 0) is 88.3 Å². The summed E-state index contributed by atoms with van der Waals surface area (Å²) in [6, 6.07) is 16.6. The lowest BCUT2D eigenvalue weighted by Crippen LogP contribution is -2.45. The molecule has 0 spiro atoms. The van der Waals surface area contributed by atoms with Gasteiger partial charge in [0.05, 0.1) is 24.1 Å². The Kier molecular flexibility index (Phi) is 19.9. The number of Topliss-reactive ketones (excluding diaryl/α,β-unsaturated/α-hetero) is 1. The number of carbonyl (C=O) groups is 3. The first-order valence-corrected chi connectivity index (χ1v) is 17.8. The Morgan fingerprint density at radius 2 is 1.62 bits per heavy atom. The van der Waals surface area contributed by atoms with Crippen LogP contribution in [0, 0.1) is 11.8 Å². The Morgan fingerprint density at radius 3 is 2.17 bits per heavy atom. The predicted molar refractivity (Wildman–Crippen MR) is 193 cm³/mol. The Morgan fingerprint density at radius 1 is 0.957 bits per heavy atom. The number of hydrogen-bond donors (Lipinski definition) is 4. The number of nitrogens with one attached hydrogen (secondary N) is 3. The summed E-state index contributed by atoms with van der Waals surface area (Å²) in [4.78, 5) is 36.1. The molecule has 0 bridgehead atoms. The van der Waals surface area contributed by atoms with Gasteiger partial charge in [-0.15, -0.1) is 0 Å². The van der Waals surface area contributed by atoms with Crippen LogP contribution in [-0.2, 0) is 33.6 Å². The van der Waals surface area contributed by atoms with Gasteiger partial charge in [-0.1, -0.05) is 90.1 Å². The van der Waals surface area contributed by atoms with E-state index in [0.717, 1.165) is 56.3 Å². The summed E-state index contributed by atoms with van der Waals surface area (Å²) in [5, 5.41) is 18.8. The van der Waals surface area contributed by atoms with E-state index in [0.29, 0.717) is 19.0 Å². The summed E-state index contributed by atoms with van der Waals surface area (Å²) in [6.45, 7) is 17.6. The number of para-hydroxylation sites is 1. The normalized spacial score (nSPS) is 16.1. The molecule has 3 unspecified atom stereocenters. The number of aryl methyl sites for hydroxylation is 3. The van der Waals surface area contributed by atoms with E-state index in [4.69, 9.17) is 4.74 Å². The van der Waals surface area contributed by atoms with Crippen LogP contribution < -0.4 is 20.7 Å². The topological polar surface area (TPSA) is 117 Å². The van der Waals surface area contributed by atoms with Gasteiger partial charge in [0.2, 0.25) is 11.8 Å². The highest BCUT2D eigenvalue weighted by molar-refractivity contribution is 5.86. The van der Waals surface area contributed by atoms with Crippen molar-refractivity contribution in [2.75, 3.05) is 19.6 Å². The number of aliphatic hydroxyl groups is 1. The van der Waals surface area contributed by atoms with E-state index in [1.165, 1.54) is 11.1 Å². The number of carbonyl (C=O) groups excluding carboxylic acids is 3. The molecule has 1 aliphatic heterocycles. The van der Waals surface area contributed by atoms with Gasteiger partial charge < -0.3 is 25.8 Å². The molecule has 2 aliphatic rings. The van der Waals surface area contributed by atoms with Gasteiger partial charge in [0.15, 0.2) is 0 Å². The first-order valence-electron chi connectivity index (χ1n) is 17.8. The van der Waals surface area contributed by atoms with E-state index in [2.05, 4.69) is 59.3 Å². The van der Waals surface area contributed by atoms with E-state index in [9.17, 15) is 19.5 Å². The van der Waals surface area contributed by atoms with Gasteiger partial charge in [-0.2, -0.15) is 0 Å². The first-order chi connectivity index (χ1) is 22.5. The third-order valence-corrected chi connectivity index (χ3v) is 8.37. The maximum Gasteiger partial charge on any atom is 0.239 e. The first kappa shape index (κ1) is 41.8. The van der Waals surface area contributed by atoms with Crippen LogP contribution in [0.5, 0.6) is 5.75 Å². The number of ketones is 1. The molecule has 2 aromatic rings. The minimum absolute atomic E-state index is 0.0406. The van der Waals surface area contributed by atoms with Crippen LogP contribution in [0.1, 0.15) is 105 Å². The number of ether oxygens (including phenoxy) is 1. The third-order valence-electron chi connectivity index (χ3n) is 8.37. The second kappa shape index (κ2) is 22.4. The standard InChI is InChI=1S/C27H41N3O5.C8H10.2C2H6/c1-17(27(3,4)34)26(33)30-16-23(32)28-14-6-9-20-7-5-8-21-12-13-22(35-25(20)21)15-29-24(18(2)31)19-10-11-19;1-2-8-6-4-3-5-7-8;2*1-2/h5,7-8,17,19,22,24,29,34H,6,9-16H2,1-4H3,(H,28,32)(H,30,33);3-7H,2H2,1H3;2*1-2H3. The second-order valence-corrected chi connectivity index (χ2v) is 12.4. The minimum Gasteiger partial charge on any atom is -0.489 e. The second-order valence-electron chi connectivity index (χ2n) is 12.4. The minimum atomic E-state index is -1.14. The summed E-state index contributed by atoms with van der Waals surface area (Å²) in [5.74, 6) is 0.410. The Balaban J connectivity index is 0.000000783. The van der Waals surface area contributed by atoms with Crippen LogP contribution in [0.2, 0.25) is 0 Å². The van der Waals surface area contributed by atoms with Gasteiger partial charge in [0.1, 0.15) is 17.6 Å². The van der Waals surface area contributed by atoms with Gasteiger partial charge in [-0.3, -0.25) is 14.4 Å². The predicted octanol–water partition coefficient (Wildman–Crippen LogP) is 6.21.